The van der Waals surface area contributed by atoms with Gasteiger partial charge in [-0.15, -0.1) is 0 Å². The molecule has 0 aliphatic heterocycles. The standard InChI is InChI=1S/C12H17FN2O2S/c1-2-15(8-9-3-4-9)18(16,17)12-6-5-10(13)7-11(12)14/h5-7,9H,2-4,8,14H2,1H3. The molecule has 0 bridgehead atoms. The Morgan fingerprint density at radius 2 is 2.11 bits per heavy atom. The number of hydrogen-bond acceptors (Lipinski definition) is 3. The van der Waals surface area contributed by atoms with Crippen molar-refractivity contribution >= 4 is 15.7 Å². The third-order valence-electron chi connectivity index (χ3n) is 3.10. The summed E-state index contributed by atoms with van der Waals surface area (Å²) in [4.78, 5) is -0.00796. The maximum atomic E-state index is 13.0. The topological polar surface area (TPSA) is 63.4 Å². The van der Waals surface area contributed by atoms with E-state index in [1.165, 1.54) is 10.4 Å². The smallest absolute Gasteiger partial charge is 0.245 e. The summed E-state index contributed by atoms with van der Waals surface area (Å²) >= 11 is 0. The normalized spacial score (nSPS) is 16.2. The van der Waals surface area contributed by atoms with Crippen LogP contribution in [-0.2, 0) is 10.0 Å². The molecule has 18 heavy (non-hydrogen) atoms. The first-order chi connectivity index (χ1) is 8.45. The molecular formula is C12H17FN2O2S. The van der Waals surface area contributed by atoms with Gasteiger partial charge >= 0.3 is 0 Å². The summed E-state index contributed by atoms with van der Waals surface area (Å²) in [5.41, 5.74) is 5.56. The first-order valence-electron chi connectivity index (χ1n) is 6.00. The zero-order chi connectivity index (χ0) is 13.3. The maximum Gasteiger partial charge on any atom is 0.245 e. The van der Waals surface area contributed by atoms with E-state index < -0.39 is 15.8 Å². The van der Waals surface area contributed by atoms with E-state index in [4.69, 9.17) is 5.73 Å². The fourth-order valence-electron chi connectivity index (χ4n) is 1.88. The average molecular weight is 272 g/mol. The lowest BCUT2D eigenvalue weighted by molar-refractivity contribution is 0.412. The van der Waals surface area contributed by atoms with Crippen LogP contribution in [0, 0.1) is 11.7 Å². The molecule has 1 aliphatic carbocycles. The summed E-state index contributed by atoms with van der Waals surface area (Å²) in [6.07, 6.45) is 2.15. The number of hydrogen-bond donors (Lipinski definition) is 1. The van der Waals surface area contributed by atoms with Gasteiger partial charge in [0.05, 0.1) is 5.69 Å². The Bertz CT molecular complexity index is 541. The summed E-state index contributed by atoms with van der Waals surface area (Å²) in [5, 5.41) is 0. The Hall–Kier alpha value is -1.14. The molecule has 1 aliphatic rings. The van der Waals surface area contributed by atoms with Crippen LogP contribution in [0.25, 0.3) is 0 Å². The van der Waals surface area contributed by atoms with Crippen molar-refractivity contribution in [1.82, 2.24) is 4.31 Å². The van der Waals surface area contributed by atoms with Crippen molar-refractivity contribution in [3.63, 3.8) is 0 Å². The summed E-state index contributed by atoms with van der Waals surface area (Å²) < 4.78 is 39.1. The molecule has 0 atom stereocenters. The minimum absolute atomic E-state index is 0.00796. The first kappa shape index (κ1) is 13.3. The van der Waals surface area contributed by atoms with E-state index in [9.17, 15) is 12.8 Å². The Balaban J connectivity index is 2.32. The highest BCUT2D eigenvalue weighted by Gasteiger charge is 2.31. The molecule has 0 unspecified atom stereocenters. The zero-order valence-electron chi connectivity index (χ0n) is 10.3. The second kappa shape index (κ2) is 4.85. The third kappa shape index (κ3) is 2.64. The van der Waals surface area contributed by atoms with Crippen molar-refractivity contribution in [1.29, 1.82) is 0 Å². The highest BCUT2D eigenvalue weighted by Crippen LogP contribution is 2.32. The molecule has 0 radical (unpaired) electrons. The van der Waals surface area contributed by atoms with Gasteiger partial charge in [0.2, 0.25) is 10.0 Å². The second-order valence-corrected chi connectivity index (χ2v) is 6.49. The molecule has 0 amide bonds. The lowest BCUT2D eigenvalue weighted by atomic mass is 10.3. The molecule has 1 aromatic rings. The van der Waals surface area contributed by atoms with Gasteiger partial charge in [-0.05, 0) is 37.0 Å². The number of benzene rings is 1. The van der Waals surface area contributed by atoms with Crippen LogP contribution in [0.15, 0.2) is 23.1 Å². The number of rotatable bonds is 5. The van der Waals surface area contributed by atoms with Crippen LogP contribution in [-0.4, -0.2) is 25.8 Å². The molecule has 4 nitrogen and oxygen atoms in total. The number of nitrogens with two attached hydrogens (primary N) is 1. The lowest BCUT2D eigenvalue weighted by Crippen LogP contribution is -2.33. The maximum absolute atomic E-state index is 13.0. The van der Waals surface area contributed by atoms with E-state index >= 15 is 0 Å². The Morgan fingerprint density at radius 1 is 1.44 bits per heavy atom. The molecule has 1 saturated carbocycles. The molecular weight excluding hydrogens is 255 g/mol. The predicted molar refractivity (Wildman–Crippen MR) is 68.0 cm³/mol. The highest BCUT2D eigenvalue weighted by molar-refractivity contribution is 7.89. The van der Waals surface area contributed by atoms with E-state index in [2.05, 4.69) is 0 Å². The van der Waals surface area contributed by atoms with Gasteiger partial charge in [0.15, 0.2) is 0 Å². The summed E-state index contributed by atoms with van der Waals surface area (Å²) in [7, 11) is -3.61. The lowest BCUT2D eigenvalue weighted by Gasteiger charge is -2.21. The Labute approximate surface area is 107 Å². The minimum atomic E-state index is -3.61. The van der Waals surface area contributed by atoms with Gasteiger partial charge in [-0.2, -0.15) is 4.31 Å². The van der Waals surface area contributed by atoms with Crippen molar-refractivity contribution in [2.24, 2.45) is 5.92 Å². The summed E-state index contributed by atoms with van der Waals surface area (Å²) in [5.74, 6) is -0.0712. The van der Waals surface area contributed by atoms with Gasteiger partial charge in [0.25, 0.3) is 0 Å². The van der Waals surface area contributed by atoms with Crippen molar-refractivity contribution in [3.05, 3.63) is 24.0 Å². The molecule has 0 saturated heterocycles. The number of anilines is 1. The largest absolute Gasteiger partial charge is 0.398 e. The number of sulfonamides is 1. The summed E-state index contributed by atoms with van der Waals surface area (Å²) in [6, 6.07) is 3.39. The number of nitrogen functional groups attached to an aromatic ring is 1. The Morgan fingerprint density at radius 3 is 2.61 bits per heavy atom. The van der Waals surface area contributed by atoms with E-state index in [1.54, 1.807) is 6.92 Å². The van der Waals surface area contributed by atoms with Gasteiger partial charge in [0.1, 0.15) is 10.7 Å². The molecule has 100 valence electrons. The minimum Gasteiger partial charge on any atom is -0.398 e. The summed E-state index contributed by atoms with van der Waals surface area (Å²) in [6.45, 7) is 2.71. The molecule has 0 spiro atoms. The highest BCUT2D eigenvalue weighted by atomic mass is 32.2. The van der Waals surface area contributed by atoms with Crippen LogP contribution >= 0.6 is 0 Å². The number of halogens is 1. The van der Waals surface area contributed by atoms with Crippen LogP contribution in [0.4, 0.5) is 10.1 Å². The van der Waals surface area contributed by atoms with Crippen molar-refractivity contribution in [3.8, 4) is 0 Å². The van der Waals surface area contributed by atoms with Gasteiger partial charge in [-0.1, -0.05) is 6.92 Å². The fourth-order valence-corrected chi connectivity index (χ4v) is 3.50. The first-order valence-corrected chi connectivity index (χ1v) is 7.44. The van der Waals surface area contributed by atoms with E-state index in [0.29, 0.717) is 19.0 Å². The van der Waals surface area contributed by atoms with Crippen LogP contribution in [0.5, 0.6) is 0 Å². The van der Waals surface area contributed by atoms with Gasteiger partial charge in [0, 0.05) is 13.1 Å². The second-order valence-electron chi connectivity index (χ2n) is 4.58. The van der Waals surface area contributed by atoms with E-state index in [0.717, 1.165) is 25.0 Å². The molecule has 1 aromatic carbocycles. The van der Waals surface area contributed by atoms with E-state index in [-0.39, 0.29) is 10.6 Å². The average Bonchev–Trinajstić information content (AvgIpc) is 3.08. The fraction of sp³-hybridized carbons (Fsp3) is 0.500. The van der Waals surface area contributed by atoms with Crippen molar-refractivity contribution < 1.29 is 12.8 Å². The molecule has 0 heterocycles. The number of nitrogens with zero attached hydrogens (tertiary/aromatic N) is 1. The molecule has 2 rings (SSSR count). The molecule has 6 heteroatoms. The monoisotopic (exact) mass is 272 g/mol. The van der Waals surface area contributed by atoms with Crippen molar-refractivity contribution in [2.45, 2.75) is 24.7 Å². The van der Waals surface area contributed by atoms with Crippen LogP contribution in [0.2, 0.25) is 0 Å². The predicted octanol–water partition coefficient (Wildman–Crippen LogP) is 1.83. The van der Waals surface area contributed by atoms with Crippen LogP contribution < -0.4 is 5.73 Å². The van der Waals surface area contributed by atoms with Gasteiger partial charge < -0.3 is 5.73 Å². The van der Waals surface area contributed by atoms with Crippen molar-refractivity contribution in [2.75, 3.05) is 18.8 Å². The molecule has 0 aromatic heterocycles. The molecule has 2 N–H and O–H groups in total. The Kier molecular flexibility index (Phi) is 3.59. The van der Waals surface area contributed by atoms with Gasteiger partial charge in [-0.3, -0.25) is 0 Å². The molecule has 1 fully saturated rings. The third-order valence-corrected chi connectivity index (χ3v) is 5.12. The van der Waals surface area contributed by atoms with Crippen LogP contribution in [0.3, 0.4) is 0 Å². The van der Waals surface area contributed by atoms with Gasteiger partial charge in [-0.25, -0.2) is 12.8 Å². The SMILES string of the molecule is CCN(CC1CC1)S(=O)(=O)c1ccc(F)cc1N. The zero-order valence-corrected chi connectivity index (χ0v) is 11.1. The quantitative estimate of drug-likeness (QED) is 0.832. The van der Waals surface area contributed by atoms with E-state index in [1.807, 2.05) is 0 Å². The van der Waals surface area contributed by atoms with Crippen LogP contribution in [0.1, 0.15) is 19.8 Å².